The van der Waals surface area contributed by atoms with Gasteiger partial charge in [0.1, 0.15) is 23.2 Å². The number of rotatable bonds is 8. The van der Waals surface area contributed by atoms with Crippen molar-refractivity contribution in [3.63, 3.8) is 0 Å². The van der Waals surface area contributed by atoms with E-state index in [1.165, 1.54) is 0 Å². The summed E-state index contributed by atoms with van der Waals surface area (Å²) in [7, 11) is 0. The molecule has 2 aromatic heterocycles. The normalized spacial score (nSPS) is 13.7. The van der Waals surface area contributed by atoms with Crippen molar-refractivity contribution in [2.75, 3.05) is 0 Å². The molecule has 1 aliphatic heterocycles. The Morgan fingerprint density at radius 2 is 0.869 bits per heavy atom. The van der Waals surface area contributed by atoms with Gasteiger partial charge in [0.05, 0.1) is 0 Å². The average molecular weight is 785 g/mol. The third kappa shape index (κ3) is 7.15. The van der Waals surface area contributed by atoms with Crippen LogP contribution in [0.4, 0.5) is 0 Å². The van der Waals surface area contributed by atoms with Gasteiger partial charge in [0, 0.05) is 38.6 Å². The number of nitrogens with one attached hydrogen (secondary N) is 1. The molecule has 0 spiro atoms. The van der Waals surface area contributed by atoms with Crippen LogP contribution in [-0.2, 0) is 0 Å². The summed E-state index contributed by atoms with van der Waals surface area (Å²) in [6.07, 6.45) is -0.400. The smallest absolute Gasteiger partial charge is 0.164 e. The molecule has 11 rings (SSSR count). The molecule has 1 aliphatic rings. The van der Waals surface area contributed by atoms with Crippen LogP contribution in [0.15, 0.2) is 221 Å². The second-order valence-electron chi connectivity index (χ2n) is 15.0. The molecule has 0 aliphatic carbocycles. The zero-order valence-corrected chi connectivity index (χ0v) is 32.9. The van der Waals surface area contributed by atoms with Crippen LogP contribution in [0.25, 0.3) is 78.4 Å². The number of amidine groups is 2. The van der Waals surface area contributed by atoms with E-state index in [4.69, 9.17) is 29.4 Å². The van der Waals surface area contributed by atoms with Crippen molar-refractivity contribution in [1.29, 1.82) is 0 Å². The minimum Gasteiger partial charge on any atom is -0.456 e. The number of aliphatic imine (C=N–C) groups is 2. The lowest BCUT2D eigenvalue weighted by Crippen LogP contribution is -2.33. The summed E-state index contributed by atoms with van der Waals surface area (Å²) in [6, 6.07) is 70.2. The first kappa shape index (κ1) is 35.8. The van der Waals surface area contributed by atoms with Gasteiger partial charge < -0.3 is 9.73 Å². The van der Waals surface area contributed by atoms with Crippen LogP contribution in [0.2, 0.25) is 0 Å². The molecule has 7 nitrogen and oxygen atoms in total. The van der Waals surface area contributed by atoms with Crippen LogP contribution >= 0.6 is 0 Å². The summed E-state index contributed by atoms with van der Waals surface area (Å²) in [5.74, 6) is 3.21. The number of nitrogens with zero attached hydrogens (tertiary/aromatic N) is 5. The van der Waals surface area contributed by atoms with Gasteiger partial charge in [0.15, 0.2) is 23.3 Å². The monoisotopic (exact) mass is 784 g/mol. The Hall–Kier alpha value is -8.29. The molecule has 10 aromatic rings. The maximum absolute atomic E-state index is 6.27. The molecule has 8 aromatic carbocycles. The number of aromatic nitrogens is 3. The van der Waals surface area contributed by atoms with Crippen LogP contribution < -0.4 is 5.32 Å². The Morgan fingerprint density at radius 3 is 1.56 bits per heavy atom. The topological polar surface area (TPSA) is 88.6 Å². The number of fused-ring (bicyclic) bond motifs is 3. The lowest BCUT2D eigenvalue weighted by Gasteiger charge is -2.24. The maximum atomic E-state index is 6.27. The quantitative estimate of drug-likeness (QED) is 0.166. The zero-order chi connectivity index (χ0) is 40.5. The second-order valence-corrected chi connectivity index (χ2v) is 15.0. The highest BCUT2D eigenvalue weighted by molar-refractivity contribution is 6.15. The predicted octanol–water partition coefficient (Wildman–Crippen LogP) is 12.6. The molecule has 0 amide bonds. The van der Waals surface area contributed by atoms with Crippen molar-refractivity contribution in [2.45, 2.75) is 6.17 Å². The van der Waals surface area contributed by atoms with Gasteiger partial charge in [-0.25, -0.2) is 24.9 Å². The van der Waals surface area contributed by atoms with Crippen molar-refractivity contribution in [1.82, 2.24) is 20.3 Å². The maximum Gasteiger partial charge on any atom is 0.164 e. The molecule has 7 heteroatoms. The Kier molecular flexibility index (Phi) is 9.09. The first-order valence-electron chi connectivity index (χ1n) is 20.3. The molecule has 0 saturated carbocycles. The van der Waals surface area contributed by atoms with Crippen LogP contribution in [0.5, 0.6) is 0 Å². The molecule has 0 fully saturated rings. The van der Waals surface area contributed by atoms with E-state index >= 15 is 0 Å². The lowest BCUT2D eigenvalue weighted by molar-refractivity contribution is 0.666. The fourth-order valence-corrected chi connectivity index (χ4v) is 7.90. The molecular formula is C54H36N6O. The van der Waals surface area contributed by atoms with Crippen molar-refractivity contribution in [3.8, 4) is 56.4 Å². The van der Waals surface area contributed by atoms with Gasteiger partial charge >= 0.3 is 0 Å². The zero-order valence-electron chi connectivity index (χ0n) is 32.9. The third-order valence-corrected chi connectivity index (χ3v) is 11.0. The van der Waals surface area contributed by atoms with Crippen molar-refractivity contribution < 1.29 is 4.42 Å². The van der Waals surface area contributed by atoms with Crippen molar-refractivity contribution in [2.24, 2.45) is 9.98 Å². The molecular weight excluding hydrogens is 749 g/mol. The summed E-state index contributed by atoms with van der Waals surface area (Å²) in [5.41, 5.74) is 11.6. The Labute approximate surface area is 352 Å². The molecule has 1 atom stereocenters. The van der Waals surface area contributed by atoms with E-state index in [0.29, 0.717) is 23.3 Å². The van der Waals surface area contributed by atoms with Gasteiger partial charge in [0.2, 0.25) is 0 Å². The van der Waals surface area contributed by atoms with Gasteiger partial charge in [-0.05, 0) is 64.2 Å². The van der Waals surface area contributed by atoms with Gasteiger partial charge in [-0.1, -0.05) is 170 Å². The number of furan rings is 1. The largest absolute Gasteiger partial charge is 0.456 e. The first-order chi connectivity index (χ1) is 30.2. The molecule has 288 valence electrons. The van der Waals surface area contributed by atoms with E-state index in [1.54, 1.807) is 0 Å². The Bertz CT molecular complexity index is 3290. The summed E-state index contributed by atoms with van der Waals surface area (Å²) in [4.78, 5) is 25.4. The van der Waals surface area contributed by atoms with Crippen LogP contribution in [-0.4, -0.2) is 26.6 Å². The van der Waals surface area contributed by atoms with E-state index in [0.717, 1.165) is 83.4 Å². The number of para-hydroxylation sites is 1. The SMILES string of the molecule is c1ccc(C2=NC(c3cccc(-c4cccc(-c5nc(-c6ccccc6)nc(-c6cccc(-c7ccccc7)c6)n5)c4)c3)NC(c3ccc4c(c3)oc3ccccc34)=N2)cc1. The highest BCUT2D eigenvalue weighted by atomic mass is 16.3. The van der Waals surface area contributed by atoms with E-state index in [9.17, 15) is 0 Å². The van der Waals surface area contributed by atoms with E-state index < -0.39 is 6.17 Å². The van der Waals surface area contributed by atoms with Gasteiger partial charge in [0.25, 0.3) is 0 Å². The van der Waals surface area contributed by atoms with Crippen LogP contribution in [0, 0.1) is 0 Å². The second kappa shape index (κ2) is 15.5. The van der Waals surface area contributed by atoms with Crippen molar-refractivity contribution in [3.05, 3.63) is 223 Å². The third-order valence-electron chi connectivity index (χ3n) is 11.0. The lowest BCUT2D eigenvalue weighted by atomic mass is 9.99. The Balaban J connectivity index is 0.956. The summed E-state index contributed by atoms with van der Waals surface area (Å²) < 4.78 is 6.27. The van der Waals surface area contributed by atoms with E-state index in [-0.39, 0.29) is 0 Å². The molecule has 3 heterocycles. The molecule has 0 bridgehead atoms. The van der Waals surface area contributed by atoms with Gasteiger partial charge in [-0.15, -0.1) is 0 Å². The molecule has 1 unspecified atom stereocenters. The number of benzene rings is 8. The van der Waals surface area contributed by atoms with E-state index in [2.05, 4.69) is 127 Å². The highest BCUT2D eigenvalue weighted by Crippen LogP contribution is 2.33. The van der Waals surface area contributed by atoms with Crippen LogP contribution in [0.1, 0.15) is 22.9 Å². The highest BCUT2D eigenvalue weighted by Gasteiger charge is 2.23. The minimum absolute atomic E-state index is 0.400. The fraction of sp³-hybridized carbons (Fsp3) is 0.0185. The Morgan fingerprint density at radius 1 is 0.361 bits per heavy atom. The number of hydrogen-bond donors (Lipinski definition) is 1. The van der Waals surface area contributed by atoms with Crippen molar-refractivity contribution >= 4 is 33.6 Å². The molecule has 1 N–H and O–H groups in total. The van der Waals surface area contributed by atoms with Gasteiger partial charge in [-0.3, -0.25) is 0 Å². The fourth-order valence-electron chi connectivity index (χ4n) is 7.90. The summed E-state index contributed by atoms with van der Waals surface area (Å²) >= 11 is 0. The predicted molar refractivity (Wildman–Crippen MR) is 246 cm³/mol. The summed E-state index contributed by atoms with van der Waals surface area (Å²) in [6.45, 7) is 0. The summed E-state index contributed by atoms with van der Waals surface area (Å²) in [5, 5.41) is 5.81. The minimum atomic E-state index is -0.400. The molecule has 0 radical (unpaired) electrons. The molecule has 0 saturated heterocycles. The standard InChI is InChI=1S/C54H36N6O/c1-4-15-35(16-5-1)38-21-12-24-41(31-38)51-55-49(36-17-6-2-7-18-36)56-52(59-51)42-25-13-22-39(32-42)40-23-14-26-43(33-40)53-57-50(37-19-8-3-9-20-37)58-54(60-53)44-29-30-46-45-27-10-11-28-47(45)61-48(46)34-44/h1-34,53H,(H,57,58,60). The average Bonchev–Trinajstić information content (AvgIpc) is 3.73. The van der Waals surface area contributed by atoms with E-state index in [1.807, 2.05) is 84.9 Å². The first-order valence-corrected chi connectivity index (χ1v) is 20.3. The molecule has 61 heavy (non-hydrogen) atoms. The van der Waals surface area contributed by atoms with Gasteiger partial charge in [-0.2, -0.15) is 0 Å². The van der Waals surface area contributed by atoms with Crippen LogP contribution in [0.3, 0.4) is 0 Å². The number of hydrogen-bond acceptors (Lipinski definition) is 7.